The molecule has 108 valence electrons. The summed E-state index contributed by atoms with van der Waals surface area (Å²) in [5, 5.41) is 11.3. The number of nitrogens with zero attached hydrogens (tertiary/aromatic N) is 3. The summed E-state index contributed by atoms with van der Waals surface area (Å²) in [5.41, 5.74) is 2.44. The summed E-state index contributed by atoms with van der Waals surface area (Å²) in [6, 6.07) is 8.32. The molecule has 2 aromatic rings. The van der Waals surface area contributed by atoms with E-state index in [0.29, 0.717) is 17.7 Å². The maximum atomic E-state index is 12.5. The monoisotopic (exact) mass is 282 g/mol. The van der Waals surface area contributed by atoms with Crippen molar-refractivity contribution in [2.24, 2.45) is 0 Å². The van der Waals surface area contributed by atoms with Gasteiger partial charge in [-0.05, 0) is 30.4 Å². The maximum Gasteiger partial charge on any atom is 0.214 e. The van der Waals surface area contributed by atoms with Crippen LogP contribution in [0.3, 0.4) is 0 Å². The zero-order chi connectivity index (χ0) is 14.2. The number of benzene rings is 1. The number of nitrogens with one attached hydrogen (secondary N) is 1. The summed E-state index contributed by atoms with van der Waals surface area (Å²) in [4.78, 5) is 12.5. The SMILES string of the molecule is O=C(c1cccc(C2CCC2)c1)c1cn(C2CNC2)nn1. The Balaban J connectivity index is 1.57. The molecule has 1 aromatic carbocycles. The second kappa shape index (κ2) is 5.07. The minimum Gasteiger partial charge on any atom is -0.312 e. The lowest BCUT2D eigenvalue weighted by Gasteiger charge is -2.26. The summed E-state index contributed by atoms with van der Waals surface area (Å²) >= 11 is 0. The molecule has 2 heterocycles. The molecular weight excluding hydrogens is 264 g/mol. The molecule has 1 saturated carbocycles. The van der Waals surface area contributed by atoms with Crippen LogP contribution in [0.2, 0.25) is 0 Å². The normalized spacial score (nSPS) is 19.0. The Bertz CT molecular complexity index is 670. The van der Waals surface area contributed by atoms with Gasteiger partial charge in [0.05, 0.1) is 12.2 Å². The van der Waals surface area contributed by atoms with Crippen molar-refractivity contribution in [1.29, 1.82) is 0 Å². The molecule has 4 rings (SSSR count). The van der Waals surface area contributed by atoms with Crippen LogP contribution in [0.4, 0.5) is 0 Å². The molecule has 2 fully saturated rings. The molecule has 1 aromatic heterocycles. The van der Waals surface area contributed by atoms with Crippen molar-refractivity contribution in [2.45, 2.75) is 31.2 Å². The molecular formula is C16H18N4O. The summed E-state index contributed by atoms with van der Waals surface area (Å²) in [7, 11) is 0. The van der Waals surface area contributed by atoms with Crippen molar-refractivity contribution in [3.8, 4) is 0 Å². The van der Waals surface area contributed by atoms with E-state index in [4.69, 9.17) is 0 Å². The Morgan fingerprint density at radius 1 is 1.29 bits per heavy atom. The van der Waals surface area contributed by atoms with Crippen molar-refractivity contribution in [3.63, 3.8) is 0 Å². The Labute approximate surface area is 123 Å². The largest absolute Gasteiger partial charge is 0.312 e. The third-order valence-electron chi connectivity index (χ3n) is 4.60. The van der Waals surface area contributed by atoms with E-state index >= 15 is 0 Å². The number of ketones is 1. The Morgan fingerprint density at radius 3 is 2.81 bits per heavy atom. The van der Waals surface area contributed by atoms with Gasteiger partial charge in [-0.2, -0.15) is 0 Å². The number of carbonyl (C=O) groups is 1. The van der Waals surface area contributed by atoms with Crippen LogP contribution in [0, 0.1) is 0 Å². The molecule has 2 aliphatic rings. The van der Waals surface area contributed by atoms with Gasteiger partial charge in [0.1, 0.15) is 0 Å². The number of carbonyl (C=O) groups excluding carboxylic acids is 1. The molecule has 5 heteroatoms. The first-order valence-electron chi connectivity index (χ1n) is 7.58. The topological polar surface area (TPSA) is 59.8 Å². The van der Waals surface area contributed by atoms with Crippen molar-refractivity contribution in [3.05, 3.63) is 47.3 Å². The Hall–Kier alpha value is -2.01. The molecule has 0 radical (unpaired) electrons. The van der Waals surface area contributed by atoms with Crippen LogP contribution < -0.4 is 5.32 Å². The van der Waals surface area contributed by atoms with Gasteiger partial charge in [-0.3, -0.25) is 4.79 Å². The number of hydrogen-bond donors (Lipinski definition) is 1. The van der Waals surface area contributed by atoms with Gasteiger partial charge in [0.25, 0.3) is 0 Å². The first kappa shape index (κ1) is 12.7. The van der Waals surface area contributed by atoms with Crippen LogP contribution in [-0.4, -0.2) is 33.9 Å². The van der Waals surface area contributed by atoms with E-state index in [1.807, 2.05) is 18.2 Å². The van der Waals surface area contributed by atoms with E-state index in [1.54, 1.807) is 10.9 Å². The van der Waals surface area contributed by atoms with E-state index in [9.17, 15) is 4.79 Å². The lowest BCUT2D eigenvalue weighted by Crippen LogP contribution is -2.43. The van der Waals surface area contributed by atoms with E-state index < -0.39 is 0 Å². The molecule has 1 aliphatic heterocycles. The summed E-state index contributed by atoms with van der Waals surface area (Å²) < 4.78 is 1.79. The second-order valence-corrected chi connectivity index (χ2v) is 5.98. The van der Waals surface area contributed by atoms with Crippen molar-refractivity contribution < 1.29 is 4.79 Å². The van der Waals surface area contributed by atoms with Crippen LogP contribution >= 0.6 is 0 Å². The quantitative estimate of drug-likeness (QED) is 0.870. The number of hydrogen-bond acceptors (Lipinski definition) is 4. The molecule has 1 aliphatic carbocycles. The lowest BCUT2D eigenvalue weighted by atomic mass is 9.79. The van der Waals surface area contributed by atoms with Gasteiger partial charge in [-0.15, -0.1) is 5.10 Å². The molecule has 0 atom stereocenters. The average Bonchev–Trinajstić information content (AvgIpc) is 2.83. The smallest absolute Gasteiger partial charge is 0.214 e. The molecule has 0 bridgehead atoms. The number of aromatic nitrogens is 3. The molecule has 21 heavy (non-hydrogen) atoms. The van der Waals surface area contributed by atoms with E-state index in [2.05, 4.69) is 21.7 Å². The molecule has 1 N–H and O–H groups in total. The highest BCUT2D eigenvalue weighted by molar-refractivity contribution is 6.07. The van der Waals surface area contributed by atoms with Gasteiger partial charge >= 0.3 is 0 Å². The fourth-order valence-electron chi connectivity index (χ4n) is 2.84. The van der Waals surface area contributed by atoms with Gasteiger partial charge in [-0.1, -0.05) is 29.8 Å². The first-order chi connectivity index (χ1) is 10.3. The van der Waals surface area contributed by atoms with Crippen LogP contribution in [0.15, 0.2) is 30.5 Å². The van der Waals surface area contributed by atoms with Crippen molar-refractivity contribution in [2.75, 3.05) is 13.1 Å². The van der Waals surface area contributed by atoms with E-state index in [1.165, 1.54) is 24.8 Å². The molecule has 0 spiro atoms. The van der Waals surface area contributed by atoms with Gasteiger partial charge in [-0.25, -0.2) is 4.68 Å². The number of rotatable bonds is 4. The standard InChI is InChI=1S/C16H18N4O/c21-16(15-10-20(19-18-15)14-8-17-9-14)13-6-2-5-12(7-13)11-3-1-4-11/h2,5-7,10-11,14,17H,1,3-4,8-9H2. The fourth-order valence-corrected chi connectivity index (χ4v) is 2.84. The lowest BCUT2D eigenvalue weighted by molar-refractivity contribution is 0.103. The first-order valence-corrected chi connectivity index (χ1v) is 7.58. The zero-order valence-corrected chi connectivity index (χ0v) is 11.8. The molecule has 5 nitrogen and oxygen atoms in total. The zero-order valence-electron chi connectivity index (χ0n) is 11.8. The van der Waals surface area contributed by atoms with Gasteiger partial charge in [0.2, 0.25) is 5.78 Å². The van der Waals surface area contributed by atoms with Gasteiger partial charge in [0.15, 0.2) is 5.69 Å². The van der Waals surface area contributed by atoms with Crippen LogP contribution in [0.25, 0.3) is 0 Å². The minimum atomic E-state index is -0.0327. The van der Waals surface area contributed by atoms with Crippen molar-refractivity contribution in [1.82, 2.24) is 20.3 Å². The predicted molar refractivity (Wildman–Crippen MR) is 78.4 cm³/mol. The Morgan fingerprint density at radius 2 is 2.14 bits per heavy atom. The van der Waals surface area contributed by atoms with Crippen LogP contribution in [0.1, 0.15) is 52.8 Å². The van der Waals surface area contributed by atoms with Gasteiger partial charge < -0.3 is 5.32 Å². The van der Waals surface area contributed by atoms with Gasteiger partial charge in [0, 0.05) is 18.7 Å². The highest BCUT2D eigenvalue weighted by Crippen LogP contribution is 2.36. The summed E-state index contributed by atoms with van der Waals surface area (Å²) in [6.45, 7) is 1.79. The highest BCUT2D eigenvalue weighted by atomic mass is 16.1. The molecule has 1 saturated heterocycles. The predicted octanol–water partition coefficient (Wildman–Crippen LogP) is 1.92. The van der Waals surface area contributed by atoms with Crippen molar-refractivity contribution >= 4 is 5.78 Å². The Kier molecular flexibility index (Phi) is 3.07. The molecule has 0 unspecified atom stereocenters. The van der Waals surface area contributed by atoms with E-state index in [0.717, 1.165) is 18.7 Å². The summed E-state index contributed by atoms with van der Waals surface area (Å²) in [6.07, 6.45) is 5.54. The highest BCUT2D eigenvalue weighted by Gasteiger charge is 2.23. The fraction of sp³-hybridized carbons (Fsp3) is 0.438. The average molecular weight is 282 g/mol. The summed E-state index contributed by atoms with van der Waals surface area (Å²) in [5.74, 6) is 0.601. The molecule has 0 amide bonds. The third kappa shape index (κ3) is 2.27. The second-order valence-electron chi connectivity index (χ2n) is 5.98. The van der Waals surface area contributed by atoms with Crippen LogP contribution in [0.5, 0.6) is 0 Å². The van der Waals surface area contributed by atoms with E-state index in [-0.39, 0.29) is 5.78 Å². The van der Waals surface area contributed by atoms with Crippen LogP contribution in [-0.2, 0) is 0 Å². The minimum absolute atomic E-state index is 0.0327. The third-order valence-corrected chi connectivity index (χ3v) is 4.60. The maximum absolute atomic E-state index is 12.5.